The summed E-state index contributed by atoms with van der Waals surface area (Å²) in [6.45, 7) is 2.54. The van der Waals surface area contributed by atoms with Gasteiger partial charge in [-0.05, 0) is 61.2 Å². The normalized spacial score (nSPS) is 18.2. The standard InChI is InChI=1S/C20H23FN2O3S/c1-2-15-5-9-18(10-6-15)22-20(24)16-4-3-13-23(14-16)27(25,26)19-11-7-17(21)8-12-19/h5-12,16H,2-4,13-14H2,1H3,(H,22,24)/t16-/m1/s1. The molecule has 144 valence electrons. The number of amides is 1. The molecule has 0 spiro atoms. The molecule has 1 fully saturated rings. The van der Waals surface area contributed by atoms with Gasteiger partial charge in [0.25, 0.3) is 0 Å². The van der Waals surface area contributed by atoms with E-state index in [2.05, 4.69) is 12.2 Å². The number of benzene rings is 2. The summed E-state index contributed by atoms with van der Waals surface area (Å²) in [7, 11) is -3.74. The second-order valence-corrected chi connectivity index (χ2v) is 8.63. The van der Waals surface area contributed by atoms with Crippen LogP contribution in [-0.4, -0.2) is 31.7 Å². The van der Waals surface area contributed by atoms with Gasteiger partial charge in [0.15, 0.2) is 0 Å². The number of aryl methyl sites for hydroxylation is 1. The molecule has 0 saturated carbocycles. The molecule has 0 unspecified atom stereocenters. The summed E-state index contributed by atoms with van der Waals surface area (Å²) in [6, 6.07) is 12.4. The number of carbonyl (C=O) groups excluding carboxylic acids is 1. The summed E-state index contributed by atoms with van der Waals surface area (Å²) in [5.41, 5.74) is 1.89. The first kappa shape index (κ1) is 19.5. The summed E-state index contributed by atoms with van der Waals surface area (Å²) in [4.78, 5) is 12.6. The summed E-state index contributed by atoms with van der Waals surface area (Å²) in [5, 5.41) is 2.87. The Labute approximate surface area is 159 Å². The Morgan fingerprint density at radius 2 is 1.81 bits per heavy atom. The Morgan fingerprint density at radius 3 is 2.44 bits per heavy atom. The molecule has 7 heteroatoms. The van der Waals surface area contributed by atoms with Gasteiger partial charge in [0, 0.05) is 18.8 Å². The molecule has 3 rings (SSSR count). The van der Waals surface area contributed by atoms with E-state index < -0.39 is 21.8 Å². The van der Waals surface area contributed by atoms with Crippen molar-refractivity contribution in [2.45, 2.75) is 31.1 Å². The molecule has 5 nitrogen and oxygen atoms in total. The van der Waals surface area contributed by atoms with Crippen LogP contribution in [0.2, 0.25) is 0 Å². The number of carbonyl (C=O) groups is 1. The number of rotatable bonds is 5. The predicted molar refractivity (Wildman–Crippen MR) is 102 cm³/mol. The highest BCUT2D eigenvalue weighted by Crippen LogP contribution is 2.25. The molecule has 0 aliphatic carbocycles. The maximum Gasteiger partial charge on any atom is 0.243 e. The Morgan fingerprint density at radius 1 is 1.15 bits per heavy atom. The molecule has 27 heavy (non-hydrogen) atoms. The molecular formula is C20H23FN2O3S. The van der Waals surface area contributed by atoms with Crippen molar-refractivity contribution < 1.29 is 17.6 Å². The van der Waals surface area contributed by atoms with Crippen molar-refractivity contribution in [3.8, 4) is 0 Å². The SMILES string of the molecule is CCc1ccc(NC(=O)[C@@H]2CCCN(S(=O)(=O)c3ccc(F)cc3)C2)cc1. The fourth-order valence-electron chi connectivity index (χ4n) is 3.20. The fourth-order valence-corrected chi connectivity index (χ4v) is 4.72. The van der Waals surface area contributed by atoms with E-state index in [4.69, 9.17) is 0 Å². The van der Waals surface area contributed by atoms with Gasteiger partial charge in [-0.3, -0.25) is 4.79 Å². The monoisotopic (exact) mass is 390 g/mol. The number of anilines is 1. The van der Waals surface area contributed by atoms with Gasteiger partial charge < -0.3 is 5.32 Å². The van der Waals surface area contributed by atoms with E-state index in [1.54, 1.807) is 0 Å². The molecule has 1 aliphatic rings. The number of hydrogen-bond donors (Lipinski definition) is 1. The number of hydrogen-bond acceptors (Lipinski definition) is 3. The second kappa shape index (κ2) is 8.19. The number of nitrogens with zero attached hydrogens (tertiary/aromatic N) is 1. The zero-order chi connectivity index (χ0) is 19.4. The lowest BCUT2D eigenvalue weighted by Crippen LogP contribution is -2.43. The minimum Gasteiger partial charge on any atom is -0.326 e. The summed E-state index contributed by atoms with van der Waals surface area (Å²) < 4.78 is 39.9. The summed E-state index contributed by atoms with van der Waals surface area (Å²) in [6.07, 6.45) is 2.16. The van der Waals surface area contributed by atoms with Crippen LogP contribution in [0.25, 0.3) is 0 Å². The average molecular weight is 390 g/mol. The number of piperidine rings is 1. The fraction of sp³-hybridized carbons (Fsp3) is 0.350. The number of halogens is 1. The molecule has 1 aliphatic heterocycles. The van der Waals surface area contributed by atoms with Gasteiger partial charge in [-0.2, -0.15) is 4.31 Å². The van der Waals surface area contributed by atoms with E-state index >= 15 is 0 Å². The van der Waals surface area contributed by atoms with Crippen LogP contribution in [0.4, 0.5) is 10.1 Å². The van der Waals surface area contributed by atoms with Gasteiger partial charge in [-0.25, -0.2) is 12.8 Å². The van der Waals surface area contributed by atoms with Gasteiger partial charge in [-0.1, -0.05) is 19.1 Å². The third kappa shape index (κ3) is 4.54. The maximum atomic E-state index is 13.1. The zero-order valence-corrected chi connectivity index (χ0v) is 16.0. The van der Waals surface area contributed by atoms with E-state index in [0.717, 1.165) is 18.6 Å². The van der Waals surface area contributed by atoms with Crippen molar-refractivity contribution in [1.29, 1.82) is 0 Å². The van der Waals surface area contributed by atoms with Crippen molar-refractivity contribution in [3.05, 3.63) is 59.9 Å². The van der Waals surface area contributed by atoms with Crippen molar-refractivity contribution >= 4 is 21.6 Å². The van der Waals surface area contributed by atoms with E-state index in [0.29, 0.717) is 25.1 Å². The molecule has 0 bridgehead atoms. The first-order chi connectivity index (χ1) is 12.9. The van der Waals surface area contributed by atoms with Gasteiger partial charge >= 0.3 is 0 Å². The third-order valence-corrected chi connectivity index (χ3v) is 6.72. The summed E-state index contributed by atoms with van der Waals surface area (Å²) >= 11 is 0. The van der Waals surface area contributed by atoms with E-state index in [-0.39, 0.29) is 17.3 Å². The van der Waals surface area contributed by atoms with Crippen LogP contribution in [0.3, 0.4) is 0 Å². The highest BCUT2D eigenvalue weighted by molar-refractivity contribution is 7.89. The first-order valence-corrected chi connectivity index (χ1v) is 10.5. The molecule has 1 amide bonds. The molecule has 1 atom stereocenters. The Hall–Kier alpha value is -2.25. The van der Waals surface area contributed by atoms with Crippen molar-refractivity contribution in [2.24, 2.45) is 5.92 Å². The zero-order valence-electron chi connectivity index (χ0n) is 15.2. The minimum absolute atomic E-state index is 0.0418. The molecule has 1 N–H and O–H groups in total. The summed E-state index contributed by atoms with van der Waals surface area (Å²) in [5.74, 6) is -1.09. The minimum atomic E-state index is -3.74. The van der Waals surface area contributed by atoms with Crippen molar-refractivity contribution in [1.82, 2.24) is 4.31 Å². The van der Waals surface area contributed by atoms with Crippen LogP contribution in [0.1, 0.15) is 25.3 Å². The highest BCUT2D eigenvalue weighted by atomic mass is 32.2. The van der Waals surface area contributed by atoms with Crippen molar-refractivity contribution in [2.75, 3.05) is 18.4 Å². The van der Waals surface area contributed by atoms with E-state index in [1.807, 2.05) is 24.3 Å². The van der Waals surface area contributed by atoms with Crippen LogP contribution in [0.15, 0.2) is 53.4 Å². The van der Waals surface area contributed by atoms with Gasteiger partial charge in [0.2, 0.25) is 15.9 Å². The Bertz CT molecular complexity index is 896. The average Bonchev–Trinajstić information content (AvgIpc) is 2.69. The number of nitrogens with one attached hydrogen (secondary N) is 1. The first-order valence-electron chi connectivity index (χ1n) is 9.05. The molecule has 1 heterocycles. The lowest BCUT2D eigenvalue weighted by Gasteiger charge is -2.31. The second-order valence-electron chi connectivity index (χ2n) is 6.70. The Balaban J connectivity index is 1.69. The molecule has 0 radical (unpaired) electrons. The van der Waals surface area contributed by atoms with Crippen LogP contribution in [-0.2, 0) is 21.2 Å². The topological polar surface area (TPSA) is 66.5 Å². The highest BCUT2D eigenvalue weighted by Gasteiger charge is 2.33. The Kier molecular flexibility index (Phi) is 5.92. The van der Waals surface area contributed by atoms with Crippen LogP contribution >= 0.6 is 0 Å². The van der Waals surface area contributed by atoms with Crippen LogP contribution in [0, 0.1) is 11.7 Å². The molecule has 0 aromatic heterocycles. The third-order valence-electron chi connectivity index (χ3n) is 4.84. The lowest BCUT2D eigenvalue weighted by atomic mass is 9.98. The van der Waals surface area contributed by atoms with Crippen LogP contribution in [0.5, 0.6) is 0 Å². The molecule has 1 saturated heterocycles. The molecule has 2 aromatic carbocycles. The van der Waals surface area contributed by atoms with Crippen LogP contribution < -0.4 is 5.32 Å². The maximum absolute atomic E-state index is 13.1. The molecular weight excluding hydrogens is 367 g/mol. The number of sulfonamides is 1. The lowest BCUT2D eigenvalue weighted by molar-refractivity contribution is -0.120. The largest absolute Gasteiger partial charge is 0.326 e. The van der Waals surface area contributed by atoms with Gasteiger partial charge in [0.05, 0.1) is 10.8 Å². The van der Waals surface area contributed by atoms with Gasteiger partial charge in [0.1, 0.15) is 5.82 Å². The smallest absolute Gasteiger partial charge is 0.243 e. The van der Waals surface area contributed by atoms with Gasteiger partial charge in [-0.15, -0.1) is 0 Å². The predicted octanol–water partition coefficient (Wildman–Crippen LogP) is 3.43. The van der Waals surface area contributed by atoms with Crippen molar-refractivity contribution in [3.63, 3.8) is 0 Å². The van der Waals surface area contributed by atoms with E-state index in [9.17, 15) is 17.6 Å². The molecule has 2 aromatic rings. The van der Waals surface area contributed by atoms with E-state index in [1.165, 1.54) is 22.0 Å². The quantitative estimate of drug-likeness (QED) is 0.851.